The lowest BCUT2D eigenvalue weighted by Crippen LogP contribution is -2.32. The van der Waals surface area contributed by atoms with E-state index in [9.17, 15) is 13.2 Å². The van der Waals surface area contributed by atoms with Crippen LogP contribution in [0.1, 0.15) is 36.1 Å². The molecule has 0 bridgehead atoms. The average Bonchev–Trinajstić information content (AvgIpc) is 2.61. The summed E-state index contributed by atoms with van der Waals surface area (Å²) in [7, 11) is -3.24. The number of hydrogen-bond acceptors (Lipinski definition) is 4. The molecule has 5 nitrogen and oxygen atoms in total. The number of carbonyl (C=O) groups excluding carboxylic acids is 1. The fourth-order valence-electron chi connectivity index (χ4n) is 2.74. The summed E-state index contributed by atoms with van der Waals surface area (Å²) < 4.78 is 28.7. The third-order valence-electron chi connectivity index (χ3n) is 4.23. The van der Waals surface area contributed by atoms with Crippen molar-refractivity contribution in [3.63, 3.8) is 0 Å². The maximum atomic E-state index is 12.3. The van der Waals surface area contributed by atoms with Crippen LogP contribution >= 0.6 is 11.6 Å². The minimum atomic E-state index is -3.24. The number of hydrogen-bond donors (Lipinski definition) is 1. The van der Waals surface area contributed by atoms with Gasteiger partial charge in [0.25, 0.3) is 5.91 Å². The summed E-state index contributed by atoms with van der Waals surface area (Å²) in [6, 6.07) is 9.91. The van der Waals surface area contributed by atoms with Gasteiger partial charge < -0.3 is 10.1 Å². The van der Waals surface area contributed by atoms with Crippen molar-refractivity contribution in [2.75, 3.05) is 12.9 Å². The van der Waals surface area contributed by atoms with Crippen molar-refractivity contribution in [1.82, 2.24) is 5.32 Å². The van der Waals surface area contributed by atoms with Gasteiger partial charge in [0.2, 0.25) is 0 Å². The van der Waals surface area contributed by atoms with E-state index < -0.39 is 9.84 Å². The normalized spacial score (nSPS) is 12.5. The SMILES string of the molecule is CC[C@H](NC(=O)COc1cc(C)c(Cl)c(C)c1)c1ccc(S(C)(=O)=O)cc1. The first-order valence-corrected chi connectivity index (χ1v) is 10.9. The molecule has 0 saturated heterocycles. The predicted octanol–water partition coefficient (Wildman–Crippen LogP) is 4.01. The molecule has 146 valence electrons. The number of rotatable bonds is 7. The summed E-state index contributed by atoms with van der Waals surface area (Å²) in [6.45, 7) is 5.60. The molecule has 0 saturated carbocycles. The van der Waals surface area contributed by atoms with Gasteiger partial charge in [-0.2, -0.15) is 0 Å². The maximum Gasteiger partial charge on any atom is 0.258 e. The number of ether oxygens (including phenoxy) is 1. The monoisotopic (exact) mass is 409 g/mol. The molecule has 0 heterocycles. The maximum absolute atomic E-state index is 12.3. The van der Waals surface area contributed by atoms with Crippen LogP contribution in [0.2, 0.25) is 5.02 Å². The van der Waals surface area contributed by atoms with Crippen LogP contribution in [0.25, 0.3) is 0 Å². The van der Waals surface area contributed by atoms with Crippen LogP contribution in [0.4, 0.5) is 0 Å². The van der Waals surface area contributed by atoms with E-state index in [4.69, 9.17) is 16.3 Å². The lowest BCUT2D eigenvalue weighted by atomic mass is 10.0. The van der Waals surface area contributed by atoms with Gasteiger partial charge in [0.1, 0.15) is 5.75 Å². The number of benzene rings is 2. The van der Waals surface area contributed by atoms with Crippen molar-refractivity contribution in [3.05, 3.63) is 58.1 Å². The van der Waals surface area contributed by atoms with Crippen LogP contribution in [0, 0.1) is 13.8 Å². The molecule has 1 atom stereocenters. The molecule has 2 aromatic rings. The van der Waals surface area contributed by atoms with Gasteiger partial charge in [-0.25, -0.2) is 8.42 Å². The van der Waals surface area contributed by atoms with Crippen LogP contribution in [0.15, 0.2) is 41.3 Å². The highest BCUT2D eigenvalue weighted by Gasteiger charge is 2.15. The molecular formula is C20H24ClNO4S. The molecule has 0 aliphatic heterocycles. The smallest absolute Gasteiger partial charge is 0.258 e. The minimum Gasteiger partial charge on any atom is -0.484 e. The Balaban J connectivity index is 2.00. The summed E-state index contributed by atoms with van der Waals surface area (Å²) >= 11 is 6.13. The van der Waals surface area contributed by atoms with Crippen molar-refractivity contribution in [1.29, 1.82) is 0 Å². The topological polar surface area (TPSA) is 72.5 Å². The second-order valence-corrected chi connectivity index (χ2v) is 8.92. The third kappa shape index (κ3) is 5.71. The second kappa shape index (κ2) is 8.76. The molecule has 7 heteroatoms. The zero-order valence-electron chi connectivity index (χ0n) is 15.9. The van der Waals surface area contributed by atoms with E-state index in [0.29, 0.717) is 17.2 Å². The van der Waals surface area contributed by atoms with Gasteiger partial charge in [0, 0.05) is 11.3 Å². The molecule has 2 rings (SSSR count). The van der Waals surface area contributed by atoms with E-state index in [1.807, 2.05) is 20.8 Å². The Hall–Kier alpha value is -2.05. The van der Waals surface area contributed by atoms with Crippen molar-refractivity contribution in [2.24, 2.45) is 0 Å². The van der Waals surface area contributed by atoms with Crippen LogP contribution in [-0.4, -0.2) is 27.2 Å². The standard InChI is InChI=1S/C20H24ClNO4S/c1-5-18(15-6-8-17(9-7-15)27(4,24)25)22-19(23)12-26-16-10-13(2)20(21)14(3)11-16/h6-11,18H,5,12H2,1-4H3,(H,22,23)/t18-/m0/s1. The van der Waals surface area contributed by atoms with Gasteiger partial charge in [0.05, 0.1) is 10.9 Å². The number of sulfone groups is 1. The quantitative estimate of drug-likeness (QED) is 0.749. The molecule has 0 aromatic heterocycles. The van der Waals surface area contributed by atoms with Crippen molar-refractivity contribution in [3.8, 4) is 5.75 Å². The lowest BCUT2D eigenvalue weighted by Gasteiger charge is -2.18. The Morgan fingerprint density at radius 1 is 1.15 bits per heavy atom. The highest BCUT2D eigenvalue weighted by atomic mass is 35.5. The van der Waals surface area contributed by atoms with Gasteiger partial charge in [-0.1, -0.05) is 30.7 Å². The summed E-state index contributed by atoms with van der Waals surface area (Å²) in [5.41, 5.74) is 2.63. The molecule has 0 spiro atoms. The second-order valence-electron chi connectivity index (χ2n) is 6.53. The summed E-state index contributed by atoms with van der Waals surface area (Å²) in [5, 5.41) is 3.60. The Kier molecular flexibility index (Phi) is 6.89. The lowest BCUT2D eigenvalue weighted by molar-refractivity contribution is -0.123. The van der Waals surface area contributed by atoms with Gasteiger partial charge in [-0.05, 0) is 61.2 Å². The largest absolute Gasteiger partial charge is 0.484 e. The Morgan fingerprint density at radius 3 is 2.19 bits per heavy atom. The predicted molar refractivity (Wildman–Crippen MR) is 107 cm³/mol. The molecule has 27 heavy (non-hydrogen) atoms. The minimum absolute atomic E-state index is 0.113. The average molecular weight is 410 g/mol. The van der Waals surface area contributed by atoms with E-state index in [1.54, 1.807) is 36.4 Å². The number of aryl methyl sites for hydroxylation is 2. The van der Waals surface area contributed by atoms with Crippen LogP contribution in [-0.2, 0) is 14.6 Å². The summed E-state index contributed by atoms with van der Waals surface area (Å²) in [5.74, 6) is 0.342. The molecule has 0 aliphatic carbocycles. The van der Waals surface area contributed by atoms with Gasteiger partial charge in [-0.3, -0.25) is 4.79 Å². The zero-order valence-corrected chi connectivity index (χ0v) is 17.4. The molecule has 1 N–H and O–H groups in total. The molecule has 0 aliphatic rings. The van der Waals surface area contributed by atoms with Crippen molar-refractivity contribution < 1.29 is 17.9 Å². The number of carbonyl (C=O) groups is 1. The Bertz CT molecular complexity index is 900. The summed E-state index contributed by atoms with van der Waals surface area (Å²) in [4.78, 5) is 12.5. The first-order valence-electron chi connectivity index (χ1n) is 8.60. The number of halogens is 1. The Morgan fingerprint density at radius 2 is 1.70 bits per heavy atom. The van der Waals surface area contributed by atoms with Gasteiger partial charge in [0.15, 0.2) is 16.4 Å². The first-order chi connectivity index (χ1) is 12.6. The molecular weight excluding hydrogens is 386 g/mol. The van der Waals surface area contributed by atoms with E-state index in [1.165, 1.54) is 6.26 Å². The number of nitrogens with one attached hydrogen (secondary N) is 1. The fourth-order valence-corrected chi connectivity index (χ4v) is 3.48. The van der Waals surface area contributed by atoms with Crippen LogP contribution in [0.5, 0.6) is 5.75 Å². The first kappa shape index (κ1) is 21.3. The number of amides is 1. The third-order valence-corrected chi connectivity index (χ3v) is 5.96. The van der Waals surface area contributed by atoms with Gasteiger partial charge >= 0.3 is 0 Å². The van der Waals surface area contributed by atoms with Crippen LogP contribution < -0.4 is 10.1 Å². The molecule has 2 aromatic carbocycles. The molecule has 0 unspecified atom stereocenters. The van der Waals surface area contributed by atoms with Crippen molar-refractivity contribution in [2.45, 2.75) is 38.1 Å². The highest BCUT2D eigenvalue weighted by molar-refractivity contribution is 7.90. The molecule has 1 amide bonds. The van der Waals surface area contributed by atoms with Gasteiger partial charge in [-0.15, -0.1) is 0 Å². The van der Waals surface area contributed by atoms with E-state index >= 15 is 0 Å². The van der Waals surface area contributed by atoms with Crippen molar-refractivity contribution >= 4 is 27.3 Å². The van der Waals surface area contributed by atoms with E-state index in [-0.39, 0.29) is 23.5 Å². The van der Waals surface area contributed by atoms with E-state index in [2.05, 4.69) is 5.32 Å². The Labute approximate surface area is 165 Å². The fraction of sp³-hybridized carbons (Fsp3) is 0.350. The molecule has 0 radical (unpaired) electrons. The van der Waals surface area contributed by atoms with E-state index in [0.717, 1.165) is 16.7 Å². The highest BCUT2D eigenvalue weighted by Crippen LogP contribution is 2.26. The molecule has 0 fully saturated rings. The summed E-state index contributed by atoms with van der Waals surface area (Å²) in [6.07, 6.45) is 1.84. The van der Waals surface area contributed by atoms with Crippen LogP contribution in [0.3, 0.4) is 0 Å². The zero-order chi connectivity index (χ0) is 20.2.